The van der Waals surface area contributed by atoms with Gasteiger partial charge in [-0.25, -0.2) is 23.1 Å². The fourth-order valence-corrected chi connectivity index (χ4v) is 8.54. The monoisotopic (exact) mass is 674 g/mol. The predicted molar refractivity (Wildman–Crippen MR) is 173 cm³/mol. The van der Waals surface area contributed by atoms with E-state index in [1.54, 1.807) is 13.0 Å². The summed E-state index contributed by atoms with van der Waals surface area (Å²) in [5.41, 5.74) is 3.90. The maximum Gasteiger partial charge on any atom is 0.393 e. The number of piperidine rings is 1. The van der Waals surface area contributed by atoms with Gasteiger partial charge in [0.05, 0.1) is 24.2 Å². The summed E-state index contributed by atoms with van der Waals surface area (Å²) >= 11 is 1.07. The molecule has 2 aliphatic heterocycles. The van der Waals surface area contributed by atoms with Crippen LogP contribution in [0.3, 0.4) is 0 Å². The highest BCUT2D eigenvalue weighted by Crippen LogP contribution is 2.34. The number of hydrogen-bond donors (Lipinski definition) is 2. The number of nitriles is 1. The number of hydrogen-bond acceptors (Lipinski definition) is 9. The van der Waals surface area contributed by atoms with Gasteiger partial charge in [-0.2, -0.15) is 18.4 Å². The van der Waals surface area contributed by atoms with Crippen molar-refractivity contribution in [3.63, 3.8) is 0 Å². The van der Waals surface area contributed by atoms with Gasteiger partial charge in [-0.15, -0.1) is 11.3 Å². The molecule has 10 nitrogen and oxygen atoms in total. The number of anilines is 1. The molecule has 0 radical (unpaired) electrons. The van der Waals surface area contributed by atoms with Gasteiger partial charge in [0.15, 0.2) is 0 Å². The number of thiophene rings is 1. The van der Waals surface area contributed by atoms with Crippen LogP contribution in [-0.2, 0) is 29.5 Å². The Hall–Kier alpha value is -3.29. The van der Waals surface area contributed by atoms with Gasteiger partial charge in [0.2, 0.25) is 10.0 Å². The van der Waals surface area contributed by atoms with Crippen molar-refractivity contribution in [2.45, 2.75) is 71.4 Å². The summed E-state index contributed by atoms with van der Waals surface area (Å²) in [5.74, 6) is 1.19. The number of aromatic nitrogens is 3. The second-order valence-electron chi connectivity index (χ2n) is 12.4. The lowest BCUT2D eigenvalue weighted by molar-refractivity contribution is -0.126. The number of sulfonamides is 1. The highest BCUT2D eigenvalue weighted by Gasteiger charge is 2.30. The third kappa shape index (κ3) is 7.16. The minimum absolute atomic E-state index is 0.0321. The normalized spacial score (nSPS) is 19.1. The number of fused-ring (bicyclic) bond motifs is 2. The van der Waals surface area contributed by atoms with Crippen LogP contribution in [0.25, 0.3) is 21.1 Å². The zero-order chi connectivity index (χ0) is 32.8. The van der Waals surface area contributed by atoms with E-state index in [-0.39, 0.29) is 29.4 Å². The second-order valence-corrected chi connectivity index (χ2v) is 15.4. The molecular formula is C31H37F3N8O2S2. The van der Waals surface area contributed by atoms with Crippen molar-refractivity contribution >= 4 is 48.3 Å². The third-order valence-electron chi connectivity index (χ3n) is 9.04. The summed E-state index contributed by atoms with van der Waals surface area (Å²) in [5, 5.41) is 15.1. The van der Waals surface area contributed by atoms with Crippen LogP contribution in [-0.4, -0.2) is 83.1 Å². The smallest absolute Gasteiger partial charge is 0.367 e. The van der Waals surface area contributed by atoms with Gasteiger partial charge < -0.3 is 9.88 Å². The summed E-state index contributed by atoms with van der Waals surface area (Å²) in [6, 6.07) is 10.2. The molecule has 2 N–H and O–H groups in total. The van der Waals surface area contributed by atoms with Crippen LogP contribution in [0.2, 0.25) is 0 Å². The predicted octanol–water partition coefficient (Wildman–Crippen LogP) is 4.90. The first-order chi connectivity index (χ1) is 21.8. The highest BCUT2D eigenvalue weighted by atomic mass is 32.2. The first kappa shape index (κ1) is 32.6. The van der Waals surface area contributed by atoms with E-state index in [2.05, 4.69) is 54.9 Å². The average Bonchev–Trinajstić information content (AvgIpc) is 3.55. The van der Waals surface area contributed by atoms with Gasteiger partial charge in [-0.3, -0.25) is 9.80 Å². The quantitative estimate of drug-likeness (QED) is 0.271. The number of halogens is 3. The molecule has 246 valence electrons. The van der Waals surface area contributed by atoms with Crippen molar-refractivity contribution in [2.75, 3.05) is 37.4 Å². The van der Waals surface area contributed by atoms with Gasteiger partial charge in [-0.05, 0) is 62.9 Å². The lowest BCUT2D eigenvalue weighted by atomic mass is 10.0. The van der Waals surface area contributed by atoms with Crippen LogP contribution in [0.4, 0.5) is 19.0 Å². The number of nitrogens with one attached hydrogen (secondary N) is 2. The maximum absolute atomic E-state index is 13.0. The number of rotatable bonds is 8. The Morgan fingerprint density at radius 1 is 1.15 bits per heavy atom. The highest BCUT2D eigenvalue weighted by molar-refractivity contribution is 7.89. The number of alkyl halides is 3. The largest absolute Gasteiger partial charge is 0.393 e. The second kappa shape index (κ2) is 12.7. The van der Waals surface area contributed by atoms with Gasteiger partial charge in [-0.1, -0.05) is 6.07 Å². The lowest BCUT2D eigenvalue weighted by Crippen LogP contribution is -2.51. The number of likely N-dealkylation sites (tertiary alicyclic amines) is 1. The van der Waals surface area contributed by atoms with E-state index in [1.807, 2.05) is 17.6 Å². The van der Waals surface area contributed by atoms with Crippen LogP contribution >= 0.6 is 11.3 Å². The Bertz CT molecular complexity index is 1890. The van der Waals surface area contributed by atoms with Crippen molar-refractivity contribution in [3.8, 4) is 6.07 Å². The number of aryl methyl sites for hydroxylation is 2. The van der Waals surface area contributed by atoms with Crippen LogP contribution in [0, 0.1) is 25.2 Å². The first-order valence-electron chi connectivity index (χ1n) is 15.3. The molecule has 0 aliphatic carbocycles. The molecule has 0 unspecified atom stereocenters. The molecule has 46 heavy (non-hydrogen) atoms. The summed E-state index contributed by atoms with van der Waals surface area (Å²) in [6.07, 6.45) is -3.51. The fourth-order valence-electron chi connectivity index (χ4n) is 6.45. The van der Waals surface area contributed by atoms with E-state index in [0.717, 1.165) is 60.3 Å². The van der Waals surface area contributed by atoms with E-state index < -0.39 is 22.6 Å². The molecule has 3 aromatic heterocycles. The van der Waals surface area contributed by atoms with Crippen LogP contribution in [0.1, 0.15) is 47.3 Å². The minimum Gasteiger partial charge on any atom is -0.367 e. The van der Waals surface area contributed by atoms with Crippen molar-refractivity contribution in [3.05, 3.63) is 51.8 Å². The maximum atomic E-state index is 13.0. The Morgan fingerprint density at radius 2 is 1.91 bits per heavy atom. The van der Waals surface area contributed by atoms with Gasteiger partial charge in [0.25, 0.3) is 0 Å². The summed E-state index contributed by atoms with van der Waals surface area (Å²) in [7, 11) is -3.21. The molecule has 0 spiro atoms. The van der Waals surface area contributed by atoms with Crippen molar-refractivity contribution in [1.29, 1.82) is 5.26 Å². The minimum atomic E-state index is -4.27. The van der Waals surface area contributed by atoms with E-state index in [1.165, 1.54) is 5.56 Å². The molecule has 6 rings (SSSR count). The fraction of sp³-hybridized carbons (Fsp3) is 0.516. The topological polar surface area (TPSA) is 119 Å². The van der Waals surface area contributed by atoms with Crippen LogP contribution in [0.5, 0.6) is 0 Å². The molecular weight excluding hydrogens is 638 g/mol. The molecule has 5 heterocycles. The molecule has 2 saturated heterocycles. The lowest BCUT2D eigenvalue weighted by Gasteiger charge is -2.33. The van der Waals surface area contributed by atoms with E-state index >= 15 is 0 Å². The van der Waals surface area contributed by atoms with Gasteiger partial charge in [0.1, 0.15) is 28.2 Å². The number of nitrogens with zero attached hydrogens (tertiary/aromatic N) is 6. The Balaban J connectivity index is 1.11. The first-order valence-corrected chi connectivity index (χ1v) is 17.8. The molecule has 1 atom stereocenters. The van der Waals surface area contributed by atoms with Gasteiger partial charge >= 0.3 is 6.18 Å². The van der Waals surface area contributed by atoms with E-state index in [4.69, 9.17) is 0 Å². The van der Waals surface area contributed by atoms with E-state index in [0.29, 0.717) is 40.6 Å². The molecule has 1 aromatic carbocycles. The summed E-state index contributed by atoms with van der Waals surface area (Å²) in [4.78, 5) is 14.2. The SMILES string of the molecule is Cc1nc(NC2CCN(Cc3ccc4c(cc(C#N)n4C[C@H](C)N4CCS(=O)(=O)NC4)c3C)CC2)c2cc(CC(F)(F)F)sc2n1. The Kier molecular flexibility index (Phi) is 9.03. The summed E-state index contributed by atoms with van der Waals surface area (Å²) < 4.78 is 67.2. The van der Waals surface area contributed by atoms with Crippen LogP contribution < -0.4 is 10.0 Å². The third-order valence-corrected chi connectivity index (χ3v) is 11.4. The van der Waals surface area contributed by atoms with Crippen LogP contribution in [0.15, 0.2) is 24.3 Å². The molecule has 0 saturated carbocycles. The molecule has 0 amide bonds. The van der Waals surface area contributed by atoms with Crippen molar-refractivity contribution < 1.29 is 21.6 Å². The zero-order valence-electron chi connectivity index (χ0n) is 26.0. The zero-order valence-corrected chi connectivity index (χ0v) is 27.6. The van der Waals surface area contributed by atoms with Gasteiger partial charge in [0, 0.05) is 60.6 Å². The molecule has 2 fully saturated rings. The van der Waals surface area contributed by atoms with Crippen molar-refractivity contribution in [1.82, 2.24) is 29.1 Å². The van der Waals surface area contributed by atoms with E-state index in [9.17, 15) is 26.9 Å². The molecule has 0 bridgehead atoms. The number of benzene rings is 1. The Morgan fingerprint density at radius 3 is 2.59 bits per heavy atom. The molecule has 15 heteroatoms. The molecule has 4 aromatic rings. The molecule has 2 aliphatic rings. The Labute approximate surface area is 270 Å². The standard InChI is InChI=1S/C31H37F3N8O2S2/c1-19(41-10-11-46(43,44)36-18-41)16-42-24(15-35)12-26-20(2)22(4-5-28(26)42)17-40-8-6-23(7-9-40)39-29-27-13-25(14-31(32,33)34)45-30(27)38-21(3)37-29/h4-5,12-13,19,23,36H,6-11,14,16-18H2,1-3H3,(H,37,38,39)/t19-/m0/s1. The average molecular weight is 675 g/mol. The van der Waals surface area contributed by atoms with Crippen molar-refractivity contribution in [2.24, 2.45) is 0 Å². The summed E-state index contributed by atoms with van der Waals surface area (Å²) in [6.45, 7) is 9.66.